The molecule has 2 aromatic heterocycles. The van der Waals surface area contributed by atoms with Crippen molar-refractivity contribution in [2.75, 3.05) is 12.3 Å². The molecule has 0 aliphatic carbocycles. The van der Waals surface area contributed by atoms with E-state index in [0.717, 1.165) is 0 Å². The number of nitrogen functional groups attached to an aromatic ring is 1. The number of anilines is 1. The number of nitriles is 1. The molecule has 0 atom stereocenters. The highest BCUT2D eigenvalue weighted by Crippen LogP contribution is 2.25. The molecule has 5 nitrogen and oxygen atoms in total. The van der Waals surface area contributed by atoms with Gasteiger partial charge in [0.2, 0.25) is 0 Å². The zero-order chi connectivity index (χ0) is 12.4. The second kappa shape index (κ2) is 4.18. The van der Waals surface area contributed by atoms with Crippen LogP contribution in [0.1, 0.15) is 23.0 Å². The van der Waals surface area contributed by atoms with Crippen molar-refractivity contribution in [1.29, 1.82) is 5.26 Å². The van der Waals surface area contributed by atoms with Crippen LogP contribution in [0.4, 0.5) is 5.69 Å². The molecule has 2 N–H and O–H groups in total. The number of hydrogen-bond donors (Lipinski definition) is 1. The number of nitrogens with zero attached hydrogens (tertiary/aromatic N) is 2. The Morgan fingerprint density at radius 1 is 1.59 bits per heavy atom. The van der Waals surface area contributed by atoms with Crippen LogP contribution in [0.15, 0.2) is 24.4 Å². The summed E-state index contributed by atoms with van der Waals surface area (Å²) in [7, 11) is 0. The molecule has 0 aliphatic heterocycles. The molecule has 2 rings (SSSR count). The largest absolute Gasteiger partial charge is 0.461 e. The highest BCUT2D eigenvalue weighted by molar-refractivity contribution is 5.98. The lowest BCUT2D eigenvalue weighted by atomic mass is 10.2. The van der Waals surface area contributed by atoms with E-state index in [2.05, 4.69) is 0 Å². The van der Waals surface area contributed by atoms with E-state index in [1.807, 2.05) is 6.07 Å². The monoisotopic (exact) mass is 229 g/mol. The third-order valence-corrected chi connectivity index (χ3v) is 2.46. The molecule has 2 aromatic rings. The zero-order valence-corrected chi connectivity index (χ0v) is 9.30. The average Bonchev–Trinajstić information content (AvgIpc) is 2.61. The number of fused-ring (bicyclic) bond motifs is 1. The van der Waals surface area contributed by atoms with Crippen molar-refractivity contribution in [2.24, 2.45) is 0 Å². The standard InChI is InChI=1S/C12H11N3O2/c1-2-17-12(16)11-10(14)8(7-13)9-5-3-4-6-15(9)11/h3-6H,2,14H2,1H3. The minimum absolute atomic E-state index is 0.164. The van der Waals surface area contributed by atoms with Gasteiger partial charge in [0, 0.05) is 6.20 Å². The van der Waals surface area contributed by atoms with Gasteiger partial charge >= 0.3 is 5.97 Å². The molecule has 0 unspecified atom stereocenters. The van der Waals surface area contributed by atoms with Crippen LogP contribution in [0, 0.1) is 11.3 Å². The van der Waals surface area contributed by atoms with Gasteiger partial charge in [-0.1, -0.05) is 6.07 Å². The van der Waals surface area contributed by atoms with Gasteiger partial charge in [-0.3, -0.25) is 0 Å². The summed E-state index contributed by atoms with van der Waals surface area (Å²) in [5.74, 6) is -0.521. The van der Waals surface area contributed by atoms with Crippen LogP contribution in [0.2, 0.25) is 0 Å². The van der Waals surface area contributed by atoms with Crippen molar-refractivity contribution in [2.45, 2.75) is 6.92 Å². The van der Waals surface area contributed by atoms with E-state index in [9.17, 15) is 4.79 Å². The van der Waals surface area contributed by atoms with Crippen LogP contribution in [0.3, 0.4) is 0 Å². The highest BCUT2D eigenvalue weighted by atomic mass is 16.5. The number of carbonyl (C=O) groups is 1. The third-order valence-electron chi connectivity index (χ3n) is 2.46. The maximum Gasteiger partial charge on any atom is 0.357 e. The third kappa shape index (κ3) is 1.60. The van der Waals surface area contributed by atoms with Crippen molar-refractivity contribution in [3.8, 4) is 6.07 Å². The summed E-state index contributed by atoms with van der Waals surface area (Å²) in [5.41, 5.74) is 7.09. The lowest BCUT2D eigenvalue weighted by Crippen LogP contribution is -2.10. The summed E-state index contributed by atoms with van der Waals surface area (Å²) in [6.07, 6.45) is 1.68. The molecule has 5 heteroatoms. The van der Waals surface area contributed by atoms with E-state index >= 15 is 0 Å². The van der Waals surface area contributed by atoms with Crippen LogP contribution in [-0.4, -0.2) is 17.0 Å². The smallest absolute Gasteiger partial charge is 0.357 e. The number of ether oxygens (including phenoxy) is 1. The number of aromatic nitrogens is 1. The predicted octanol–water partition coefficient (Wildman–Crippen LogP) is 1.57. The van der Waals surface area contributed by atoms with Crippen LogP contribution in [0.25, 0.3) is 5.52 Å². The predicted molar refractivity (Wildman–Crippen MR) is 62.5 cm³/mol. The summed E-state index contributed by atoms with van der Waals surface area (Å²) in [6.45, 7) is 1.98. The Morgan fingerprint density at radius 3 is 3.00 bits per heavy atom. The molecule has 2 heterocycles. The first kappa shape index (κ1) is 11.0. The number of rotatable bonds is 2. The molecule has 0 fully saturated rings. The van der Waals surface area contributed by atoms with Crippen molar-refractivity contribution in [3.05, 3.63) is 35.7 Å². The van der Waals surface area contributed by atoms with E-state index in [4.69, 9.17) is 15.7 Å². The molecule has 0 aliphatic rings. The van der Waals surface area contributed by atoms with E-state index in [-0.39, 0.29) is 18.0 Å². The van der Waals surface area contributed by atoms with Gasteiger partial charge in [-0.25, -0.2) is 4.79 Å². The molecule has 0 amide bonds. The molecule has 86 valence electrons. The summed E-state index contributed by atoms with van der Waals surface area (Å²) in [5, 5.41) is 9.05. The van der Waals surface area contributed by atoms with Gasteiger partial charge in [-0.2, -0.15) is 5.26 Å². The van der Waals surface area contributed by atoms with E-state index < -0.39 is 5.97 Å². The normalized spacial score (nSPS) is 10.1. The Kier molecular flexibility index (Phi) is 2.71. The topological polar surface area (TPSA) is 80.5 Å². The average molecular weight is 229 g/mol. The Hall–Kier alpha value is -2.48. The van der Waals surface area contributed by atoms with Crippen LogP contribution in [0.5, 0.6) is 0 Å². The van der Waals surface area contributed by atoms with Gasteiger partial charge in [0.05, 0.1) is 17.8 Å². The number of hydrogen-bond acceptors (Lipinski definition) is 4. The Labute approximate surface area is 98.0 Å². The molecule has 0 saturated heterocycles. The van der Waals surface area contributed by atoms with Gasteiger partial charge in [0.1, 0.15) is 11.6 Å². The molecular weight excluding hydrogens is 218 g/mol. The van der Waals surface area contributed by atoms with Crippen molar-refractivity contribution in [3.63, 3.8) is 0 Å². The van der Waals surface area contributed by atoms with Crippen LogP contribution >= 0.6 is 0 Å². The first-order valence-electron chi connectivity index (χ1n) is 5.16. The van der Waals surface area contributed by atoms with Gasteiger partial charge in [-0.05, 0) is 19.1 Å². The molecule has 0 aromatic carbocycles. The first-order chi connectivity index (χ1) is 8.20. The fourth-order valence-corrected chi connectivity index (χ4v) is 1.75. The minimum atomic E-state index is -0.521. The fraction of sp³-hybridized carbons (Fsp3) is 0.167. The molecule has 0 spiro atoms. The summed E-state index contributed by atoms with van der Waals surface area (Å²) in [6, 6.07) is 7.28. The Bertz CT molecular complexity index is 622. The van der Waals surface area contributed by atoms with Gasteiger partial charge in [0.25, 0.3) is 0 Å². The minimum Gasteiger partial charge on any atom is -0.461 e. The van der Waals surface area contributed by atoms with E-state index in [1.165, 1.54) is 0 Å². The summed E-state index contributed by atoms with van der Waals surface area (Å²) < 4.78 is 6.50. The van der Waals surface area contributed by atoms with Crippen molar-refractivity contribution >= 4 is 17.2 Å². The molecule has 0 bridgehead atoms. The number of nitrogens with two attached hydrogens (primary N) is 1. The molecule has 17 heavy (non-hydrogen) atoms. The Morgan fingerprint density at radius 2 is 2.35 bits per heavy atom. The Balaban J connectivity index is 2.75. The second-order valence-electron chi connectivity index (χ2n) is 3.43. The zero-order valence-electron chi connectivity index (χ0n) is 9.30. The molecule has 0 saturated carbocycles. The maximum atomic E-state index is 11.8. The number of pyridine rings is 1. The number of esters is 1. The quantitative estimate of drug-likeness (QED) is 0.792. The SMILES string of the molecule is CCOC(=O)c1c(N)c(C#N)c2ccccn12. The van der Waals surface area contributed by atoms with Crippen LogP contribution in [-0.2, 0) is 4.74 Å². The number of carbonyl (C=O) groups excluding carboxylic acids is 1. The van der Waals surface area contributed by atoms with Crippen molar-refractivity contribution < 1.29 is 9.53 Å². The van der Waals surface area contributed by atoms with E-state index in [0.29, 0.717) is 11.1 Å². The van der Waals surface area contributed by atoms with Gasteiger partial charge in [-0.15, -0.1) is 0 Å². The fourth-order valence-electron chi connectivity index (χ4n) is 1.75. The van der Waals surface area contributed by atoms with Crippen molar-refractivity contribution in [1.82, 2.24) is 4.40 Å². The first-order valence-corrected chi connectivity index (χ1v) is 5.16. The summed E-state index contributed by atoms with van der Waals surface area (Å²) in [4.78, 5) is 11.8. The van der Waals surface area contributed by atoms with E-state index in [1.54, 1.807) is 35.7 Å². The van der Waals surface area contributed by atoms with Crippen LogP contribution < -0.4 is 5.73 Å². The lowest BCUT2D eigenvalue weighted by Gasteiger charge is -2.02. The lowest BCUT2D eigenvalue weighted by molar-refractivity contribution is 0.0519. The molecular formula is C12H11N3O2. The van der Waals surface area contributed by atoms with Gasteiger partial charge in [0.15, 0.2) is 5.69 Å². The second-order valence-corrected chi connectivity index (χ2v) is 3.43. The summed E-state index contributed by atoms with van der Waals surface area (Å²) >= 11 is 0. The molecule has 0 radical (unpaired) electrons. The maximum absolute atomic E-state index is 11.8. The van der Waals surface area contributed by atoms with Gasteiger partial charge < -0.3 is 14.9 Å². The highest BCUT2D eigenvalue weighted by Gasteiger charge is 2.21.